The summed E-state index contributed by atoms with van der Waals surface area (Å²) in [6.45, 7) is 0. The van der Waals surface area contributed by atoms with Crippen molar-refractivity contribution < 1.29 is 19.1 Å². The van der Waals surface area contributed by atoms with Gasteiger partial charge in [0.1, 0.15) is 18.6 Å². The van der Waals surface area contributed by atoms with Gasteiger partial charge in [0, 0.05) is 0 Å². The normalized spacial score (nSPS) is 50.2. The smallest absolute Gasteiger partial charge is 0.317 e. The monoisotopic (exact) mass is 508 g/mol. The minimum Gasteiger partial charge on any atom is -0.461 e. The summed E-state index contributed by atoms with van der Waals surface area (Å²) in [7, 11) is 0. The first-order valence-corrected chi connectivity index (χ1v) is 16.5. The van der Waals surface area contributed by atoms with Crippen LogP contribution in [0.2, 0.25) is 0 Å². The fourth-order valence-corrected chi connectivity index (χ4v) is 12.3. The number of carbonyl (C=O) groups excluding carboxylic acids is 2. The van der Waals surface area contributed by atoms with Crippen molar-refractivity contribution >= 4 is 11.9 Å². The van der Waals surface area contributed by atoms with Crippen LogP contribution in [0.4, 0.5) is 0 Å². The first-order chi connectivity index (χ1) is 18.1. The van der Waals surface area contributed by atoms with Gasteiger partial charge < -0.3 is 9.47 Å². The summed E-state index contributed by atoms with van der Waals surface area (Å²) in [5.74, 6) is 7.96. The predicted octanol–water partition coefficient (Wildman–Crippen LogP) is 6.94. The maximum absolute atomic E-state index is 13.3. The summed E-state index contributed by atoms with van der Waals surface area (Å²) in [6.07, 6.45) is 21.1. The zero-order valence-electron chi connectivity index (χ0n) is 22.7. The molecule has 8 bridgehead atoms. The van der Waals surface area contributed by atoms with Crippen LogP contribution in [0.3, 0.4) is 0 Å². The molecule has 0 amide bonds. The van der Waals surface area contributed by atoms with E-state index in [1.807, 2.05) is 0 Å². The number of ether oxygens (including phenoxy) is 2. The molecule has 12 atom stereocenters. The highest BCUT2D eigenvalue weighted by Crippen LogP contribution is 2.58. The van der Waals surface area contributed by atoms with E-state index in [-0.39, 0.29) is 30.6 Å². The molecule has 8 rings (SSSR count). The molecule has 4 nitrogen and oxygen atoms in total. The highest BCUT2D eigenvalue weighted by atomic mass is 16.6. The van der Waals surface area contributed by atoms with Gasteiger partial charge in [0.15, 0.2) is 0 Å². The van der Waals surface area contributed by atoms with Crippen LogP contribution in [-0.4, -0.2) is 24.1 Å². The second kappa shape index (κ2) is 9.26. The summed E-state index contributed by atoms with van der Waals surface area (Å²) < 4.78 is 12.8. The Bertz CT molecular complexity index is 786. The van der Waals surface area contributed by atoms with E-state index in [4.69, 9.17) is 9.47 Å². The number of fused-ring (bicyclic) bond motifs is 8. The van der Waals surface area contributed by atoms with Gasteiger partial charge in [-0.15, -0.1) is 0 Å². The van der Waals surface area contributed by atoms with E-state index in [1.165, 1.54) is 103 Å². The quantitative estimate of drug-likeness (QED) is 0.263. The molecule has 8 aliphatic carbocycles. The zero-order valence-corrected chi connectivity index (χ0v) is 22.7. The molecule has 0 aromatic heterocycles. The van der Waals surface area contributed by atoms with Crippen molar-refractivity contribution in [3.8, 4) is 0 Å². The number of hydrogen-bond acceptors (Lipinski definition) is 4. The van der Waals surface area contributed by atoms with Gasteiger partial charge in [0.25, 0.3) is 0 Å². The van der Waals surface area contributed by atoms with E-state index in [9.17, 15) is 9.59 Å². The lowest BCUT2D eigenvalue weighted by Crippen LogP contribution is -2.41. The summed E-state index contributed by atoms with van der Waals surface area (Å²) in [5, 5.41) is 0. The molecular weight excluding hydrogens is 460 g/mol. The number of carbonyl (C=O) groups is 2. The fraction of sp³-hybridized carbons (Fsp3) is 0.939. The van der Waals surface area contributed by atoms with Crippen LogP contribution in [0.15, 0.2) is 0 Å². The SMILES string of the molecule is O=C(CC(=O)OC(C1CC2CCC1C2)C1CC2CCC1C2)OC(C1CC2CCC1C2)C1CC2CCC1C2. The molecule has 8 saturated carbocycles. The molecule has 0 aromatic carbocycles. The maximum atomic E-state index is 13.3. The van der Waals surface area contributed by atoms with Crippen molar-refractivity contribution in [3.05, 3.63) is 0 Å². The standard InChI is InChI=1S/C33H48O4/c34-30(36-32(26-13-18-1-5-22(26)9-18)27-14-19-2-6-23(27)10-19)17-31(35)37-33(28-15-20-3-7-24(28)11-20)29-16-21-4-8-25(29)12-21/h18-29,32-33H,1-17H2. The van der Waals surface area contributed by atoms with Crippen LogP contribution in [0, 0.1) is 71.0 Å². The van der Waals surface area contributed by atoms with Gasteiger partial charge in [-0.25, -0.2) is 0 Å². The Balaban J connectivity index is 0.946. The van der Waals surface area contributed by atoms with E-state index in [2.05, 4.69) is 0 Å². The largest absolute Gasteiger partial charge is 0.461 e. The minimum atomic E-state index is -0.291. The molecule has 0 aliphatic heterocycles. The molecule has 12 unspecified atom stereocenters. The summed E-state index contributed by atoms with van der Waals surface area (Å²) in [5.41, 5.74) is 0. The molecule has 4 heteroatoms. The number of hydrogen-bond donors (Lipinski definition) is 0. The van der Waals surface area contributed by atoms with Crippen molar-refractivity contribution in [3.63, 3.8) is 0 Å². The minimum absolute atomic E-state index is 0.0535. The van der Waals surface area contributed by atoms with Crippen molar-refractivity contribution in [1.82, 2.24) is 0 Å². The molecule has 37 heavy (non-hydrogen) atoms. The Hall–Kier alpha value is -1.06. The van der Waals surface area contributed by atoms with Crippen molar-refractivity contribution in [1.29, 1.82) is 0 Å². The Kier molecular flexibility index (Phi) is 5.95. The molecule has 0 saturated heterocycles. The Labute approximate surface area is 223 Å². The van der Waals surface area contributed by atoms with E-state index in [0.717, 1.165) is 47.3 Å². The molecule has 0 N–H and O–H groups in total. The van der Waals surface area contributed by atoms with Crippen LogP contribution in [0.5, 0.6) is 0 Å². The van der Waals surface area contributed by atoms with Crippen LogP contribution in [0.25, 0.3) is 0 Å². The predicted molar refractivity (Wildman–Crippen MR) is 140 cm³/mol. The topological polar surface area (TPSA) is 52.6 Å². The molecule has 0 aromatic rings. The molecule has 0 radical (unpaired) electrons. The van der Waals surface area contributed by atoms with Gasteiger partial charge in [0.2, 0.25) is 0 Å². The maximum Gasteiger partial charge on any atom is 0.317 e. The molecular formula is C33H48O4. The Morgan fingerprint density at radius 3 is 0.973 bits per heavy atom. The number of esters is 2. The third-order valence-electron chi connectivity index (χ3n) is 13.7. The van der Waals surface area contributed by atoms with Crippen LogP contribution >= 0.6 is 0 Å². The van der Waals surface area contributed by atoms with Gasteiger partial charge in [0.05, 0.1) is 0 Å². The Morgan fingerprint density at radius 2 is 0.757 bits per heavy atom. The van der Waals surface area contributed by atoms with Gasteiger partial charge in [-0.1, -0.05) is 25.7 Å². The Morgan fingerprint density at radius 1 is 0.459 bits per heavy atom. The van der Waals surface area contributed by atoms with Crippen LogP contribution in [-0.2, 0) is 19.1 Å². The van der Waals surface area contributed by atoms with E-state index < -0.39 is 0 Å². The van der Waals surface area contributed by atoms with Crippen LogP contribution in [0.1, 0.15) is 109 Å². The van der Waals surface area contributed by atoms with Crippen LogP contribution < -0.4 is 0 Å². The first-order valence-electron chi connectivity index (χ1n) is 16.5. The van der Waals surface area contributed by atoms with Crippen molar-refractivity contribution in [2.45, 2.75) is 121 Å². The fourth-order valence-electron chi connectivity index (χ4n) is 12.3. The first kappa shape index (κ1) is 23.8. The molecule has 0 spiro atoms. The third kappa shape index (κ3) is 4.21. The highest BCUT2D eigenvalue weighted by molar-refractivity contribution is 5.91. The van der Waals surface area contributed by atoms with Crippen molar-refractivity contribution in [2.24, 2.45) is 71.0 Å². The molecule has 0 heterocycles. The van der Waals surface area contributed by atoms with E-state index >= 15 is 0 Å². The molecule has 204 valence electrons. The van der Waals surface area contributed by atoms with Gasteiger partial charge in [-0.2, -0.15) is 0 Å². The summed E-state index contributed by atoms with van der Waals surface area (Å²) >= 11 is 0. The van der Waals surface area contributed by atoms with Gasteiger partial charge in [-0.3, -0.25) is 9.59 Å². The van der Waals surface area contributed by atoms with Gasteiger partial charge >= 0.3 is 11.9 Å². The van der Waals surface area contributed by atoms with E-state index in [0.29, 0.717) is 23.7 Å². The summed E-state index contributed by atoms with van der Waals surface area (Å²) in [6, 6.07) is 0. The summed E-state index contributed by atoms with van der Waals surface area (Å²) in [4.78, 5) is 26.7. The molecule has 8 aliphatic rings. The highest BCUT2D eigenvalue weighted by Gasteiger charge is 2.54. The lowest BCUT2D eigenvalue weighted by Gasteiger charge is -2.38. The zero-order chi connectivity index (χ0) is 24.7. The average molecular weight is 509 g/mol. The van der Waals surface area contributed by atoms with E-state index in [1.54, 1.807) is 0 Å². The van der Waals surface area contributed by atoms with Crippen molar-refractivity contribution in [2.75, 3.05) is 0 Å². The lowest BCUT2D eigenvalue weighted by atomic mass is 9.74. The van der Waals surface area contributed by atoms with Gasteiger partial charge in [-0.05, 0) is 148 Å². The second-order valence-electron chi connectivity index (χ2n) is 15.4. The molecule has 8 fully saturated rings. The number of rotatable bonds is 8. The third-order valence-corrected chi connectivity index (χ3v) is 13.7. The lowest BCUT2D eigenvalue weighted by molar-refractivity contribution is -0.170. The average Bonchev–Trinajstić information content (AvgIpc) is 3.76. The second-order valence-corrected chi connectivity index (χ2v) is 15.4.